The molecule has 0 aliphatic heterocycles. The van der Waals surface area contributed by atoms with Crippen LogP contribution in [0.3, 0.4) is 0 Å². The summed E-state index contributed by atoms with van der Waals surface area (Å²) < 4.78 is 5.18. The molecule has 1 aromatic carbocycles. The molecule has 5 heteroatoms. The van der Waals surface area contributed by atoms with Gasteiger partial charge in [0.25, 0.3) is 5.91 Å². The van der Waals surface area contributed by atoms with Crippen LogP contribution in [0.15, 0.2) is 18.2 Å². The van der Waals surface area contributed by atoms with E-state index in [1.165, 1.54) is 0 Å². The number of aryl methyl sites for hydroxylation is 1. The van der Waals surface area contributed by atoms with E-state index in [0.29, 0.717) is 5.69 Å². The maximum atomic E-state index is 12.1. The zero-order valence-electron chi connectivity index (χ0n) is 13.1. The number of amides is 1. The lowest BCUT2D eigenvalue weighted by Gasteiger charge is -2.18. The average Bonchev–Trinajstić information content (AvgIpc) is 2.41. The molecule has 0 aromatic heterocycles. The first-order chi connectivity index (χ1) is 9.86. The molecule has 2 unspecified atom stereocenters. The summed E-state index contributed by atoms with van der Waals surface area (Å²) in [5.41, 5.74) is 7.33. The monoisotopic (exact) mass is 292 g/mol. The molecule has 0 heterocycles. The summed E-state index contributed by atoms with van der Waals surface area (Å²) in [4.78, 5) is 24.0. The highest BCUT2D eigenvalue weighted by Gasteiger charge is 2.21. The number of esters is 1. The zero-order valence-corrected chi connectivity index (χ0v) is 13.1. The van der Waals surface area contributed by atoms with E-state index in [0.717, 1.165) is 18.4 Å². The third-order valence-corrected chi connectivity index (χ3v) is 3.31. The van der Waals surface area contributed by atoms with Gasteiger partial charge in [0.05, 0.1) is 5.56 Å². The van der Waals surface area contributed by atoms with Crippen LogP contribution >= 0.6 is 0 Å². The zero-order chi connectivity index (χ0) is 16.0. The van der Waals surface area contributed by atoms with Crippen LogP contribution < -0.4 is 11.1 Å². The second-order valence-electron chi connectivity index (χ2n) is 5.28. The summed E-state index contributed by atoms with van der Waals surface area (Å²) in [5, 5.41) is 2.82. The summed E-state index contributed by atoms with van der Waals surface area (Å²) in [6, 6.07) is 5.20. The maximum Gasteiger partial charge on any atom is 0.341 e. The van der Waals surface area contributed by atoms with E-state index in [1.54, 1.807) is 19.1 Å². The fourth-order valence-electron chi connectivity index (χ4n) is 2.00. The smallest absolute Gasteiger partial charge is 0.341 e. The predicted molar refractivity (Wildman–Crippen MR) is 83.0 cm³/mol. The van der Waals surface area contributed by atoms with Gasteiger partial charge in [-0.3, -0.25) is 4.79 Å². The SMILES string of the molecule is CCCC(C)NC(=O)C(C)OC(=O)c1cccc(C)c1N. The van der Waals surface area contributed by atoms with Crippen molar-refractivity contribution in [3.05, 3.63) is 29.3 Å². The lowest BCUT2D eigenvalue weighted by atomic mass is 10.1. The minimum Gasteiger partial charge on any atom is -0.449 e. The minimum atomic E-state index is -0.850. The number of rotatable bonds is 6. The van der Waals surface area contributed by atoms with Crippen LogP contribution in [0.4, 0.5) is 5.69 Å². The van der Waals surface area contributed by atoms with E-state index in [9.17, 15) is 9.59 Å². The first-order valence-electron chi connectivity index (χ1n) is 7.23. The van der Waals surface area contributed by atoms with Gasteiger partial charge in [-0.15, -0.1) is 0 Å². The molecule has 0 bridgehead atoms. The average molecular weight is 292 g/mol. The summed E-state index contributed by atoms with van der Waals surface area (Å²) in [5.74, 6) is -0.877. The Kier molecular flexibility index (Phi) is 6.21. The number of hydrogen-bond acceptors (Lipinski definition) is 4. The Morgan fingerprint density at radius 3 is 2.62 bits per heavy atom. The number of ether oxygens (including phenoxy) is 1. The van der Waals surface area contributed by atoms with E-state index in [1.807, 2.05) is 26.8 Å². The fourth-order valence-corrected chi connectivity index (χ4v) is 2.00. The van der Waals surface area contributed by atoms with Gasteiger partial charge in [0.2, 0.25) is 0 Å². The Bertz CT molecular complexity index is 514. The second-order valence-corrected chi connectivity index (χ2v) is 5.28. The van der Waals surface area contributed by atoms with E-state index in [4.69, 9.17) is 10.5 Å². The lowest BCUT2D eigenvalue weighted by Crippen LogP contribution is -2.40. The minimum absolute atomic E-state index is 0.0627. The van der Waals surface area contributed by atoms with Crippen LogP contribution in [0.25, 0.3) is 0 Å². The molecule has 21 heavy (non-hydrogen) atoms. The van der Waals surface area contributed by atoms with Gasteiger partial charge in [0.15, 0.2) is 6.10 Å². The van der Waals surface area contributed by atoms with Crippen LogP contribution in [0.1, 0.15) is 49.5 Å². The Balaban J connectivity index is 2.65. The summed E-state index contributed by atoms with van der Waals surface area (Å²) in [6.45, 7) is 7.34. The normalized spacial score (nSPS) is 13.3. The molecule has 1 aromatic rings. The Labute approximate surface area is 125 Å². The molecule has 0 radical (unpaired) electrons. The standard InChI is InChI=1S/C16H24N2O3/c1-5-7-11(3)18-15(19)12(4)21-16(20)13-9-6-8-10(2)14(13)17/h6,8-9,11-12H,5,7,17H2,1-4H3,(H,18,19). The maximum absolute atomic E-state index is 12.1. The number of nitrogens with two attached hydrogens (primary N) is 1. The van der Waals surface area contributed by atoms with Crippen LogP contribution in [0.5, 0.6) is 0 Å². The molecule has 0 fully saturated rings. The van der Waals surface area contributed by atoms with Crippen molar-refractivity contribution >= 4 is 17.6 Å². The molecule has 0 saturated heterocycles. The van der Waals surface area contributed by atoms with Crippen molar-refractivity contribution in [3.8, 4) is 0 Å². The topological polar surface area (TPSA) is 81.4 Å². The number of benzene rings is 1. The highest BCUT2D eigenvalue weighted by molar-refractivity contribution is 5.97. The molecule has 0 spiro atoms. The van der Waals surface area contributed by atoms with Gasteiger partial charge in [-0.1, -0.05) is 25.5 Å². The van der Waals surface area contributed by atoms with Crippen molar-refractivity contribution < 1.29 is 14.3 Å². The number of carbonyl (C=O) groups is 2. The summed E-state index contributed by atoms with van der Waals surface area (Å²) >= 11 is 0. The van der Waals surface area contributed by atoms with Crippen molar-refractivity contribution in [1.82, 2.24) is 5.32 Å². The molecule has 0 saturated carbocycles. The molecule has 116 valence electrons. The first kappa shape index (κ1) is 17.0. The van der Waals surface area contributed by atoms with E-state index in [2.05, 4.69) is 5.32 Å². The van der Waals surface area contributed by atoms with Crippen LogP contribution in [0.2, 0.25) is 0 Å². The van der Waals surface area contributed by atoms with Crippen molar-refractivity contribution in [1.29, 1.82) is 0 Å². The van der Waals surface area contributed by atoms with Crippen molar-refractivity contribution in [2.24, 2.45) is 0 Å². The highest BCUT2D eigenvalue weighted by Crippen LogP contribution is 2.18. The molecule has 2 atom stereocenters. The fraction of sp³-hybridized carbons (Fsp3) is 0.500. The Hall–Kier alpha value is -2.04. The van der Waals surface area contributed by atoms with Crippen LogP contribution in [-0.2, 0) is 9.53 Å². The third-order valence-electron chi connectivity index (χ3n) is 3.31. The van der Waals surface area contributed by atoms with E-state index >= 15 is 0 Å². The first-order valence-corrected chi connectivity index (χ1v) is 7.23. The highest BCUT2D eigenvalue weighted by atomic mass is 16.5. The van der Waals surface area contributed by atoms with Crippen molar-refractivity contribution in [2.45, 2.75) is 52.7 Å². The van der Waals surface area contributed by atoms with Crippen molar-refractivity contribution in [3.63, 3.8) is 0 Å². The molecule has 1 rings (SSSR count). The second kappa shape index (κ2) is 7.67. The summed E-state index contributed by atoms with van der Waals surface area (Å²) in [7, 11) is 0. The van der Waals surface area contributed by atoms with Crippen LogP contribution in [-0.4, -0.2) is 24.0 Å². The number of nitrogens with one attached hydrogen (secondary N) is 1. The van der Waals surface area contributed by atoms with Gasteiger partial charge in [-0.25, -0.2) is 4.79 Å². The molecular formula is C16H24N2O3. The molecule has 0 aliphatic rings. The van der Waals surface area contributed by atoms with Crippen molar-refractivity contribution in [2.75, 3.05) is 5.73 Å². The van der Waals surface area contributed by atoms with Gasteiger partial charge in [-0.2, -0.15) is 0 Å². The van der Waals surface area contributed by atoms with Gasteiger partial charge >= 0.3 is 5.97 Å². The summed E-state index contributed by atoms with van der Waals surface area (Å²) in [6.07, 6.45) is 1.02. The van der Waals surface area contributed by atoms with Crippen LogP contribution in [0, 0.1) is 6.92 Å². The number of para-hydroxylation sites is 1. The van der Waals surface area contributed by atoms with Gasteiger partial charge in [0.1, 0.15) is 0 Å². The molecule has 0 aliphatic carbocycles. The third kappa shape index (κ3) is 4.77. The Morgan fingerprint density at radius 2 is 2.00 bits per heavy atom. The molecule has 3 N–H and O–H groups in total. The van der Waals surface area contributed by atoms with Gasteiger partial charge in [0, 0.05) is 11.7 Å². The number of carbonyl (C=O) groups excluding carboxylic acids is 2. The molecule has 1 amide bonds. The molecule has 5 nitrogen and oxygen atoms in total. The Morgan fingerprint density at radius 1 is 1.33 bits per heavy atom. The predicted octanol–water partition coefficient (Wildman–Crippen LogP) is 2.43. The van der Waals surface area contributed by atoms with Gasteiger partial charge < -0.3 is 15.8 Å². The largest absolute Gasteiger partial charge is 0.449 e. The quantitative estimate of drug-likeness (QED) is 0.623. The number of nitrogen functional groups attached to an aromatic ring is 1. The lowest BCUT2D eigenvalue weighted by molar-refractivity contribution is -0.129. The van der Waals surface area contributed by atoms with E-state index in [-0.39, 0.29) is 17.5 Å². The van der Waals surface area contributed by atoms with Gasteiger partial charge in [-0.05, 0) is 38.8 Å². The molecular weight excluding hydrogens is 268 g/mol. The number of hydrogen-bond donors (Lipinski definition) is 2. The van der Waals surface area contributed by atoms with E-state index < -0.39 is 12.1 Å². The number of anilines is 1.